The normalized spacial score (nSPS) is 12.3. The van der Waals surface area contributed by atoms with E-state index in [1.165, 1.54) is 18.5 Å². The van der Waals surface area contributed by atoms with Crippen molar-refractivity contribution < 1.29 is 23.1 Å². The Kier molecular flexibility index (Phi) is 6.41. The molecule has 0 saturated carbocycles. The Labute approximate surface area is 174 Å². The van der Waals surface area contributed by atoms with Gasteiger partial charge in [-0.05, 0) is 17.7 Å². The summed E-state index contributed by atoms with van der Waals surface area (Å²) in [7, 11) is 0. The fourth-order valence-corrected chi connectivity index (χ4v) is 3.10. The molecule has 3 rings (SSSR count). The Balaban J connectivity index is 1.78. The smallest absolute Gasteiger partial charge is 0.417 e. The molecule has 0 spiro atoms. The van der Waals surface area contributed by atoms with Crippen molar-refractivity contribution in [2.24, 2.45) is 0 Å². The second-order valence-corrected chi connectivity index (χ2v) is 6.68. The first-order chi connectivity index (χ1) is 14.2. The summed E-state index contributed by atoms with van der Waals surface area (Å²) < 4.78 is 38.7. The van der Waals surface area contributed by atoms with E-state index in [-0.39, 0.29) is 6.54 Å². The minimum Gasteiger partial charge on any atom is -0.465 e. The Morgan fingerprint density at radius 1 is 1.10 bits per heavy atom. The topological polar surface area (TPSA) is 87.1 Å². The first kappa shape index (κ1) is 21.4. The van der Waals surface area contributed by atoms with Gasteiger partial charge >= 0.3 is 12.3 Å². The first-order valence-electron chi connectivity index (χ1n) is 8.71. The molecule has 1 heterocycles. The number of anilines is 1. The van der Waals surface area contributed by atoms with Crippen LogP contribution in [0.4, 0.5) is 23.8 Å². The molecule has 0 aliphatic rings. The number of carboxylic acid groups (broad SMARTS) is 1. The second kappa shape index (κ2) is 9.00. The van der Waals surface area contributed by atoms with Crippen molar-refractivity contribution in [3.8, 4) is 11.3 Å². The number of alkyl halides is 3. The lowest BCUT2D eigenvalue weighted by Crippen LogP contribution is -2.31. The number of halogens is 4. The van der Waals surface area contributed by atoms with E-state index in [1.807, 2.05) is 6.07 Å². The van der Waals surface area contributed by atoms with Crippen molar-refractivity contribution in [1.29, 1.82) is 0 Å². The van der Waals surface area contributed by atoms with Gasteiger partial charge in [0.05, 0.1) is 22.3 Å². The van der Waals surface area contributed by atoms with Gasteiger partial charge in [-0.1, -0.05) is 48.0 Å². The molecule has 156 valence electrons. The van der Waals surface area contributed by atoms with E-state index in [4.69, 9.17) is 16.7 Å². The lowest BCUT2D eigenvalue weighted by atomic mass is 10.1. The van der Waals surface area contributed by atoms with Gasteiger partial charge in [0, 0.05) is 18.2 Å². The van der Waals surface area contributed by atoms with Crippen LogP contribution in [-0.4, -0.2) is 27.7 Å². The number of hydrogen-bond donors (Lipinski definition) is 3. The third-order valence-electron chi connectivity index (χ3n) is 4.22. The van der Waals surface area contributed by atoms with E-state index in [0.717, 1.165) is 11.6 Å². The summed E-state index contributed by atoms with van der Waals surface area (Å²) in [5, 5.41) is 14.1. The highest BCUT2D eigenvalue weighted by atomic mass is 35.5. The van der Waals surface area contributed by atoms with Crippen molar-refractivity contribution in [3.05, 3.63) is 77.1 Å². The average Bonchev–Trinajstić information content (AvgIpc) is 2.70. The highest BCUT2D eigenvalue weighted by Gasteiger charge is 2.33. The van der Waals surface area contributed by atoms with Crippen LogP contribution in [0.25, 0.3) is 11.3 Å². The number of nitrogens with one attached hydrogen (secondary N) is 2. The number of aromatic nitrogens is 2. The van der Waals surface area contributed by atoms with E-state index in [9.17, 15) is 18.0 Å². The Morgan fingerprint density at radius 2 is 1.83 bits per heavy atom. The summed E-state index contributed by atoms with van der Waals surface area (Å²) in [6.45, 7) is 0.195. The molecular formula is C20H16ClF3N4O2. The zero-order valence-corrected chi connectivity index (χ0v) is 16.1. The van der Waals surface area contributed by atoms with Gasteiger partial charge in [-0.2, -0.15) is 13.2 Å². The minimum absolute atomic E-state index is 0.195. The van der Waals surface area contributed by atoms with Gasteiger partial charge in [0.15, 0.2) is 0 Å². The molecule has 6 nitrogen and oxygen atoms in total. The zero-order valence-electron chi connectivity index (χ0n) is 15.3. The molecule has 0 aliphatic carbocycles. The number of amides is 1. The predicted octanol–water partition coefficient (Wildman–Crippen LogP) is 5.24. The largest absolute Gasteiger partial charge is 0.465 e. The molecule has 2 aromatic carbocycles. The van der Waals surface area contributed by atoms with Gasteiger partial charge in [-0.15, -0.1) is 0 Å². The zero-order chi connectivity index (χ0) is 21.7. The quantitative estimate of drug-likeness (QED) is 0.492. The van der Waals surface area contributed by atoms with Crippen LogP contribution in [0.15, 0.2) is 60.9 Å². The Bertz CT molecular complexity index is 1030. The number of carbonyl (C=O) groups is 1. The number of benzene rings is 2. The van der Waals surface area contributed by atoms with Crippen molar-refractivity contribution in [2.75, 3.05) is 11.9 Å². The molecule has 0 fully saturated rings. The predicted molar refractivity (Wildman–Crippen MR) is 106 cm³/mol. The third kappa shape index (κ3) is 5.38. The highest BCUT2D eigenvalue weighted by Crippen LogP contribution is 2.36. The van der Waals surface area contributed by atoms with Gasteiger partial charge in [0.2, 0.25) is 0 Å². The standard InChI is InChI=1S/C20H16ClF3N4O2/c21-15-8-13(6-7-14(15)20(22,23)24)16-9-18(27-11-26-16)25-10-17(28-19(29)30)12-4-2-1-3-5-12/h1-9,11,17,28H,10H2,(H,29,30)(H,25,26,27)/t17-/m0/s1. The van der Waals surface area contributed by atoms with Crippen LogP contribution >= 0.6 is 11.6 Å². The molecule has 0 bridgehead atoms. The van der Waals surface area contributed by atoms with E-state index < -0.39 is 28.9 Å². The van der Waals surface area contributed by atoms with Crippen LogP contribution in [0.5, 0.6) is 0 Å². The average molecular weight is 437 g/mol. The van der Waals surface area contributed by atoms with Gasteiger partial charge in [-0.25, -0.2) is 14.8 Å². The van der Waals surface area contributed by atoms with Gasteiger partial charge < -0.3 is 15.7 Å². The SMILES string of the molecule is O=C(O)N[C@@H](CNc1cc(-c2ccc(C(F)(F)F)c(Cl)c2)ncn1)c1ccccc1. The van der Waals surface area contributed by atoms with E-state index in [0.29, 0.717) is 17.1 Å². The fraction of sp³-hybridized carbons (Fsp3) is 0.150. The maximum atomic E-state index is 12.9. The molecule has 1 amide bonds. The first-order valence-corrected chi connectivity index (χ1v) is 9.09. The summed E-state index contributed by atoms with van der Waals surface area (Å²) in [4.78, 5) is 19.3. The third-order valence-corrected chi connectivity index (χ3v) is 4.54. The van der Waals surface area contributed by atoms with Gasteiger partial charge in [-0.3, -0.25) is 0 Å². The van der Waals surface area contributed by atoms with Crippen molar-refractivity contribution in [1.82, 2.24) is 15.3 Å². The Morgan fingerprint density at radius 3 is 2.47 bits per heavy atom. The summed E-state index contributed by atoms with van der Waals surface area (Å²) in [6, 6.07) is 13.4. The summed E-state index contributed by atoms with van der Waals surface area (Å²) >= 11 is 5.78. The lowest BCUT2D eigenvalue weighted by molar-refractivity contribution is -0.137. The number of hydrogen-bond acceptors (Lipinski definition) is 4. The van der Waals surface area contributed by atoms with E-state index in [2.05, 4.69) is 20.6 Å². The van der Waals surface area contributed by atoms with Crippen molar-refractivity contribution >= 4 is 23.5 Å². The molecular weight excluding hydrogens is 421 g/mol. The van der Waals surface area contributed by atoms with Crippen molar-refractivity contribution in [3.63, 3.8) is 0 Å². The summed E-state index contributed by atoms with van der Waals surface area (Å²) in [5.41, 5.74) is 0.592. The lowest BCUT2D eigenvalue weighted by Gasteiger charge is -2.18. The molecule has 0 radical (unpaired) electrons. The number of rotatable bonds is 6. The molecule has 3 aromatic rings. The molecule has 1 atom stereocenters. The van der Waals surface area contributed by atoms with Gasteiger partial charge in [0.25, 0.3) is 0 Å². The van der Waals surface area contributed by atoms with E-state index in [1.54, 1.807) is 30.3 Å². The molecule has 10 heteroatoms. The maximum absolute atomic E-state index is 12.9. The second-order valence-electron chi connectivity index (χ2n) is 6.27. The molecule has 1 aromatic heterocycles. The van der Waals surface area contributed by atoms with Crippen LogP contribution in [0.3, 0.4) is 0 Å². The molecule has 0 aliphatic heterocycles. The minimum atomic E-state index is -4.54. The summed E-state index contributed by atoms with van der Waals surface area (Å²) in [5.74, 6) is 0.379. The van der Waals surface area contributed by atoms with Crippen LogP contribution in [0.1, 0.15) is 17.2 Å². The van der Waals surface area contributed by atoms with Crippen LogP contribution < -0.4 is 10.6 Å². The fourth-order valence-electron chi connectivity index (χ4n) is 2.81. The summed E-state index contributed by atoms with van der Waals surface area (Å²) in [6.07, 6.45) is -4.46. The maximum Gasteiger partial charge on any atom is 0.417 e. The van der Waals surface area contributed by atoms with Gasteiger partial charge in [0.1, 0.15) is 12.1 Å². The van der Waals surface area contributed by atoms with E-state index >= 15 is 0 Å². The molecule has 3 N–H and O–H groups in total. The highest BCUT2D eigenvalue weighted by molar-refractivity contribution is 6.31. The molecule has 0 unspecified atom stereocenters. The van der Waals surface area contributed by atoms with Crippen molar-refractivity contribution in [2.45, 2.75) is 12.2 Å². The number of nitrogens with zero attached hydrogens (tertiary/aromatic N) is 2. The van der Waals surface area contributed by atoms with Crippen LogP contribution in [0.2, 0.25) is 5.02 Å². The van der Waals surface area contributed by atoms with Crippen LogP contribution in [0, 0.1) is 0 Å². The Hall–Kier alpha value is -3.33. The van der Waals surface area contributed by atoms with Crippen LogP contribution in [-0.2, 0) is 6.18 Å². The molecule has 0 saturated heterocycles. The monoisotopic (exact) mass is 436 g/mol. The molecule has 30 heavy (non-hydrogen) atoms.